The van der Waals surface area contributed by atoms with E-state index in [0.29, 0.717) is 0 Å². The molecule has 0 radical (unpaired) electrons. The van der Waals surface area contributed by atoms with E-state index in [0.717, 1.165) is 11.3 Å². The van der Waals surface area contributed by atoms with Gasteiger partial charge in [0.2, 0.25) is 0 Å². The van der Waals surface area contributed by atoms with Gasteiger partial charge in [0.05, 0.1) is 13.2 Å². The second-order valence-corrected chi connectivity index (χ2v) is 4.86. The lowest BCUT2D eigenvalue weighted by Crippen LogP contribution is -2.48. The summed E-state index contributed by atoms with van der Waals surface area (Å²) in [5, 5.41) is 10.3. The van der Waals surface area contributed by atoms with Gasteiger partial charge in [-0.05, 0) is 11.4 Å². The minimum Gasteiger partial charge on any atom is -0.479 e. The average molecular weight is 307 g/mol. The van der Waals surface area contributed by atoms with E-state index in [1.54, 1.807) is 0 Å². The highest BCUT2D eigenvalue weighted by Gasteiger charge is 2.31. The summed E-state index contributed by atoms with van der Waals surface area (Å²) in [4.78, 5) is 24.3. The molecule has 1 aromatic rings. The molecule has 0 spiro atoms. The molecule has 20 heavy (non-hydrogen) atoms. The van der Waals surface area contributed by atoms with Gasteiger partial charge in [-0.2, -0.15) is 8.78 Å². The molecule has 1 fully saturated rings. The Morgan fingerprint density at radius 2 is 2.30 bits per heavy atom. The summed E-state index contributed by atoms with van der Waals surface area (Å²) in [5.74, 6) is -1.91. The van der Waals surface area contributed by atoms with Crippen molar-refractivity contribution < 1.29 is 33.0 Å². The number of carboxylic acid groups (broad SMARTS) is 1. The molecule has 1 aromatic heterocycles. The van der Waals surface area contributed by atoms with Crippen LogP contribution in [-0.2, 0) is 9.53 Å². The van der Waals surface area contributed by atoms with E-state index in [1.807, 2.05) is 0 Å². The number of alkyl halides is 2. The van der Waals surface area contributed by atoms with E-state index in [2.05, 4.69) is 4.74 Å². The second-order valence-electron chi connectivity index (χ2n) is 3.94. The lowest BCUT2D eigenvalue weighted by molar-refractivity contribution is -0.154. The number of rotatable bonds is 4. The summed E-state index contributed by atoms with van der Waals surface area (Å²) < 4.78 is 33.7. The number of hydrogen-bond donors (Lipinski definition) is 1. The second kappa shape index (κ2) is 6.14. The Labute approximate surface area is 116 Å². The zero-order valence-electron chi connectivity index (χ0n) is 10.1. The van der Waals surface area contributed by atoms with Gasteiger partial charge >= 0.3 is 12.6 Å². The molecule has 1 aliphatic rings. The van der Waals surface area contributed by atoms with Crippen LogP contribution >= 0.6 is 11.3 Å². The van der Waals surface area contributed by atoms with Gasteiger partial charge in [-0.25, -0.2) is 4.79 Å². The topological polar surface area (TPSA) is 76.1 Å². The quantitative estimate of drug-likeness (QED) is 0.906. The smallest absolute Gasteiger partial charge is 0.387 e. The number of carboxylic acids is 1. The summed E-state index contributed by atoms with van der Waals surface area (Å²) in [6, 6.07) is 1.28. The maximum atomic E-state index is 12.2. The SMILES string of the molecule is O=C(O)C1CN(C(=O)c2sccc2OC(F)F)CCO1. The summed E-state index contributed by atoms with van der Waals surface area (Å²) in [7, 11) is 0. The Morgan fingerprint density at radius 3 is 2.95 bits per heavy atom. The molecule has 0 bridgehead atoms. The zero-order valence-corrected chi connectivity index (χ0v) is 10.9. The summed E-state index contributed by atoms with van der Waals surface area (Å²) >= 11 is 0.965. The van der Waals surface area contributed by atoms with Crippen LogP contribution in [0.15, 0.2) is 11.4 Å². The van der Waals surface area contributed by atoms with Crippen LogP contribution in [0.4, 0.5) is 8.78 Å². The van der Waals surface area contributed by atoms with E-state index in [9.17, 15) is 18.4 Å². The highest BCUT2D eigenvalue weighted by Crippen LogP contribution is 2.28. The molecule has 0 aromatic carbocycles. The van der Waals surface area contributed by atoms with Crippen LogP contribution in [0.5, 0.6) is 5.75 Å². The molecule has 2 heterocycles. The molecule has 0 aliphatic carbocycles. The maximum Gasteiger partial charge on any atom is 0.387 e. The van der Waals surface area contributed by atoms with Crippen LogP contribution in [0.3, 0.4) is 0 Å². The Balaban J connectivity index is 2.11. The van der Waals surface area contributed by atoms with Crippen LogP contribution < -0.4 is 4.74 Å². The van der Waals surface area contributed by atoms with Crippen molar-refractivity contribution in [3.8, 4) is 5.75 Å². The Hall–Kier alpha value is -1.74. The van der Waals surface area contributed by atoms with Crippen LogP contribution in [0.2, 0.25) is 0 Å². The van der Waals surface area contributed by atoms with Crippen molar-refractivity contribution in [3.05, 3.63) is 16.3 Å². The van der Waals surface area contributed by atoms with E-state index >= 15 is 0 Å². The Kier molecular flexibility index (Phi) is 4.50. The number of hydrogen-bond acceptors (Lipinski definition) is 5. The lowest BCUT2D eigenvalue weighted by atomic mass is 10.2. The predicted molar refractivity (Wildman–Crippen MR) is 64.2 cm³/mol. The third kappa shape index (κ3) is 3.23. The average Bonchev–Trinajstić information content (AvgIpc) is 2.85. The molecule has 1 saturated heterocycles. The van der Waals surface area contributed by atoms with E-state index < -0.39 is 24.6 Å². The minimum atomic E-state index is -3.02. The monoisotopic (exact) mass is 307 g/mol. The number of ether oxygens (including phenoxy) is 2. The van der Waals surface area contributed by atoms with Gasteiger partial charge in [0.25, 0.3) is 5.91 Å². The predicted octanol–water partition coefficient (Wildman–Crippen LogP) is 1.28. The number of thiophene rings is 1. The fourth-order valence-electron chi connectivity index (χ4n) is 1.77. The number of morpholine rings is 1. The first-order chi connectivity index (χ1) is 9.49. The normalized spacial score (nSPS) is 19.1. The fourth-order valence-corrected chi connectivity index (χ4v) is 2.56. The van der Waals surface area contributed by atoms with Crippen molar-refractivity contribution in [2.45, 2.75) is 12.7 Å². The van der Waals surface area contributed by atoms with Crippen molar-refractivity contribution in [2.75, 3.05) is 19.7 Å². The number of halogens is 2. The fraction of sp³-hybridized carbons (Fsp3) is 0.455. The molecule has 2 rings (SSSR count). The minimum absolute atomic E-state index is 0.0244. The standard InChI is InChI=1S/C11H11F2NO5S/c12-11(13)19-6-1-4-20-8(6)9(15)14-2-3-18-7(5-14)10(16)17/h1,4,7,11H,2-3,5H2,(H,16,17). The van der Waals surface area contributed by atoms with E-state index in [1.165, 1.54) is 16.3 Å². The van der Waals surface area contributed by atoms with Crippen molar-refractivity contribution in [2.24, 2.45) is 0 Å². The lowest BCUT2D eigenvalue weighted by Gasteiger charge is -2.30. The number of aliphatic carboxylic acids is 1. The van der Waals surface area contributed by atoms with Gasteiger partial charge in [-0.1, -0.05) is 0 Å². The van der Waals surface area contributed by atoms with Crippen LogP contribution in [-0.4, -0.2) is 54.3 Å². The first kappa shape index (κ1) is 14.7. The maximum absolute atomic E-state index is 12.2. The van der Waals surface area contributed by atoms with Crippen molar-refractivity contribution in [3.63, 3.8) is 0 Å². The van der Waals surface area contributed by atoms with Gasteiger partial charge < -0.3 is 19.5 Å². The first-order valence-corrected chi connectivity index (χ1v) is 6.53. The highest BCUT2D eigenvalue weighted by atomic mass is 32.1. The molecule has 1 aliphatic heterocycles. The first-order valence-electron chi connectivity index (χ1n) is 5.65. The summed E-state index contributed by atoms with van der Waals surface area (Å²) in [6.07, 6.45) is -1.10. The number of amides is 1. The highest BCUT2D eigenvalue weighted by molar-refractivity contribution is 7.12. The van der Waals surface area contributed by atoms with Gasteiger partial charge in [0, 0.05) is 6.54 Å². The van der Waals surface area contributed by atoms with Gasteiger partial charge in [0.15, 0.2) is 6.10 Å². The van der Waals surface area contributed by atoms with Crippen LogP contribution in [0.25, 0.3) is 0 Å². The molecule has 9 heteroatoms. The molecular formula is C11H11F2NO5S. The largest absolute Gasteiger partial charge is 0.479 e. The number of nitrogens with zero attached hydrogens (tertiary/aromatic N) is 1. The van der Waals surface area contributed by atoms with Gasteiger partial charge in [0.1, 0.15) is 10.6 Å². The molecule has 6 nitrogen and oxygen atoms in total. The molecular weight excluding hydrogens is 296 g/mol. The van der Waals surface area contributed by atoms with Crippen molar-refractivity contribution in [1.82, 2.24) is 4.90 Å². The third-order valence-corrected chi connectivity index (χ3v) is 3.55. The summed E-state index contributed by atoms with van der Waals surface area (Å²) in [6.45, 7) is -2.86. The van der Waals surface area contributed by atoms with Crippen LogP contribution in [0, 0.1) is 0 Å². The van der Waals surface area contributed by atoms with E-state index in [-0.39, 0.29) is 30.3 Å². The molecule has 1 atom stereocenters. The van der Waals surface area contributed by atoms with Gasteiger partial charge in [-0.3, -0.25) is 4.79 Å². The molecule has 0 saturated carbocycles. The molecule has 110 valence electrons. The van der Waals surface area contributed by atoms with Gasteiger partial charge in [-0.15, -0.1) is 11.3 Å². The van der Waals surface area contributed by atoms with Crippen LogP contribution in [0.1, 0.15) is 9.67 Å². The van der Waals surface area contributed by atoms with Crippen molar-refractivity contribution in [1.29, 1.82) is 0 Å². The Morgan fingerprint density at radius 1 is 1.55 bits per heavy atom. The zero-order chi connectivity index (χ0) is 14.7. The van der Waals surface area contributed by atoms with Crippen molar-refractivity contribution >= 4 is 23.2 Å². The summed E-state index contributed by atoms with van der Waals surface area (Å²) in [5.41, 5.74) is 0. The molecule has 1 amide bonds. The Bertz CT molecular complexity index is 507. The third-order valence-electron chi connectivity index (χ3n) is 2.67. The van der Waals surface area contributed by atoms with E-state index in [4.69, 9.17) is 9.84 Å². The number of carbonyl (C=O) groups is 2. The molecule has 1 unspecified atom stereocenters. The molecule has 1 N–H and O–H groups in total. The number of carbonyl (C=O) groups excluding carboxylic acids is 1.